The van der Waals surface area contributed by atoms with Crippen LogP contribution in [0.15, 0.2) is 27.1 Å². The molecule has 0 fully saturated rings. The number of nitrogens with two attached hydrogens (primary N) is 1. The molecular formula is C9H10Br2N2O2. The second-order valence-corrected chi connectivity index (χ2v) is 4.51. The van der Waals surface area contributed by atoms with E-state index in [1.807, 2.05) is 23.6 Å². The first-order valence-corrected chi connectivity index (χ1v) is 5.79. The van der Waals surface area contributed by atoms with Gasteiger partial charge in [-0.2, -0.15) is 0 Å². The van der Waals surface area contributed by atoms with Gasteiger partial charge in [-0.05, 0) is 34.1 Å². The first kappa shape index (κ1) is 12.5. The molecule has 0 saturated heterocycles. The van der Waals surface area contributed by atoms with E-state index >= 15 is 0 Å². The lowest BCUT2D eigenvalue weighted by Gasteiger charge is -2.07. The molecule has 1 amide bonds. The number of halogens is 2. The van der Waals surface area contributed by atoms with E-state index in [-0.39, 0.29) is 12.3 Å². The highest BCUT2D eigenvalue weighted by atomic mass is 79.9. The van der Waals surface area contributed by atoms with E-state index in [0.29, 0.717) is 12.4 Å². The minimum Gasteiger partial charge on any atom is -0.492 e. The molecule has 3 N–H and O–H groups in total. The summed E-state index contributed by atoms with van der Waals surface area (Å²) >= 11 is 6.68. The summed E-state index contributed by atoms with van der Waals surface area (Å²) in [6.07, 6.45) is 0.235. The molecule has 0 aromatic heterocycles. The molecule has 0 aliphatic heterocycles. The molecule has 0 bridgehead atoms. The van der Waals surface area contributed by atoms with Crippen LogP contribution >= 0.6 is 31.9 Å². The monoisotopic (exact) mass is 336 g/mol. The van der Waals surface area contributed by atoms with Crippen LogP contribution in [-0.2, 0) is 4.79 Å². The Hall–Kier alpha value is -0.590. The van der Waals surface area contributed by atoms with Crippen molar-refractivity contribution in [1.82, 2.24) is 5.43 Å². The summed E-state index contributed by atoms with van der Waals surface area (Å²) in [5, 5.41) is 0. The van der Waals surface area contributed by atoms with Crippen LogP contribution in [0.25, 0.3) is 0 Å². The van der Waals surface area contributed by atoms with E-state index in [9.17, 15) is 4.79 Å². The Balaban J connectivity index is 2.47. The van der Waals surface area contributed by atoms with Crippen LogP contribution in [-0.4, -0.2) is 12.5 Å². The van der Waals surface area contributed by atoms with Crippen LogP contribution in [0, 0.1) is 0 Å². The average molecular weight is 338 g/mol. The van der Waals surface area contributed by atoms with E-state index in [4.69, 9.17) is 10.6 Å². The van der Waals surface area contributed by atoms with Gasteiger partial charge in [-0.25, -0.2) is 5.84 Å². The van der Waals surface area contributed by atoms with Crippen molar-refractivity contribution in [2.45, 2.75) is 6.42 Å². The van der Waals surface area contributed by atoms with Gasteiger partial charge in [0.2, 0.25) is 5.91 Å². The van der Waals surface area contributed by atoms with Crippen molar-refractivity contribution in [3.8, 4) is 5.75 Å². The van der Waals surface area contributed by atoms with Gasteiger partial charge in [0.1, 0.15) is 5.75 Å². The van der Waals surface area contributed by atoms with Crippen LogP contribution in [0.5, 0.6) is 5.75 Å². The maximum Gasteiger partial charge on any atom is 0.237 e. The van der Waals surface area contributed by atoms with Crippen molar-refractivity contribution in [1.29, 1.82) is 0 Å². The second-order valence-electron chi connectivity index (χ2n) is 2.74. The fraction of sp³-hybridized carbons (Fsp3) is 0.222. The quantitative estimate of drug-likeness (QED) is 0.501. The Labute approximate surface area is 104 Å². The van der Waals surface area contributed by atoms with E-state index in [1.165, 1.54) is 0 Å². The number of hydrogen-bond acceptors (Lipinski definition) is 3. The maximum absolute atomic E-state index is 10.8. The topological polar surface area (TPSA) is 64.3 Å². The first-order chi connectivity index (χ1) is 7.13. The van der Waals surface area contributed by atoms with Gasteiger partial charge in [0.25, 0.3) is 0 Å². The fourth-order valence-corrected chi connectivity index (χ4v) is 2.08. The van der Waals surface area contributed by atoms with Gasteiger partial charge in [-0.1, -0.05) is 15.9 Å². The standard InChI is InChI=1S/C9H10Br2N2O2/c10-6-1-2-8(7(11)5-6)15-4-3-9(14)13-12/h1-2,5H,3-4,12H2,(H,13,14). The van der Waals surface area contributed by atoms with Gasteiger partial charge < -0.3 is 4.74 Å². The SMILES string of the molecule is NNC(=O)CCOc1ccc(Br)cc1Br. The molecule has 0 atom stereocenters. The van der Waals surface area contributed by atoms with Crippen LogP contribution < -0.4 is 16.0 Å². The fourth-order valence-electron chi connectivity index (χ4n) is 0.918. The number of carbonyl (C=O) groups excluding carboxylic acids is 1. The number of hydrazine groups is 1. The van der Waals surface area contributed by atoms with Crippen molar-refractivity contribution >= 4 is 37.8 Å². The van der Waals surface area contributed by atoms with Gasteiger partial charge in [-0.3, -0.25) is 10.2 Å². The van der Waals surface area contributed by atoms with E-state index in [1.54, 1.807) is 0 Å². The number of rotatable bonds is 4. The molecule has 1 aromatic rings. The highest BCUT2D eigenvalue weighted by Gasteiger charge is 2.03. The summed E-state index contributed by atoms with van der Waals surface area (Å²) in [5.41, 5.74) is 2.04. The summed E-state index contributed by atoms with van der Waals surface area (Å²) < 4.78 is 7.18. The van der Waals surface area contributed by atoms with Crippen molar-refractivity contribution < 1.29 is 9.53 Å². The van der Waals surface area contributed by atoms with Gasteiger partial charge in [0.05, 0.1) is 17.5 Å². The Morgan fingerprint density at radius 1 is 1.47 bits per heavy atom. The van der Waals surface area contributed by atoms with Crippen LogP contribution in [0.2, 0.25) is 0 Å². The lowest BCUT2D eigenvalue weighted by molar-refractivity contribution is -0.121. The number of amides is 1. The molecule has 0 spiro atoms. The summed E-state index contributed by atoms with van der Waals surface area (Å²) in [6, 6.07) is 5.55. The van der Waals surface area contributed by atoms with E-state index in [2.05, 4.69) is 31.9 Å². The summed E-state index contributed by atoms with van der Waals surface area (Å²) in [7, 11) is 0. The number of ether oxygens (including phenoxy) is 1. The number of hydrogen-bond donors (Lipinski definition) is 2. The molecule has 0 unspecified atom stereocenters. The van der Waals surface area contributed by atoms with Gasteiger partial charge in [0.15, 0.2) is 0 Å². The number of carbonyl (C=O) groups is 1. The van der Waals surface area contributed by atoms with Crippen molar-refractivity contribution in [3.63, 3.8) is 0 Å². The average Bonchev–Trinajstić information content (AvgIpc) is 2.21. The van der Waals surface area contributed by atoms with Crippen LogP contribution in [0.1, 0.15) is 6.42 Å². The third kappa shape index (κ3) is 4.19. The molecule has 1 rings (SSSR count). The zero-order valence-corrected chi connectivity index (χ0v) is 11.0. The molecule has 0 radical (unpaired) electrons. The highest BCUT2D eigenvalue weighted by Crippen LogP contribution is 2.28. The maximum atomic E-state index is 10.8. The predicted octanol–water partition coefficient (Wildman–Crippen LogP) is 1.97. The molecule has 0 aliphatic rings. The van der Waals surface area contributed by atoms with Gasteiger partial charge in [-0.15, -0.1) is 0 Å². The molecule has 4 nitrogen and oxygen atoms in total. The van der Waals surface area contributed by atoms with Crippen molar-refractivity contribution in [2.24, 2.45) is 5.84 Å². The normalized spacial score (nSPS) is 9.80. The van der Waals surface area contributed by atoms with E-state index < -0.39 is 0 Å². The molecule has 15 heavy (non-hydrogen) atoms. The lowest BCUT2D eigenvalue weighted by Crippen LogP contribution is -2.31. The minimum absolute atomic E-state index is 0.235. The summed E-state index contributed by atoms with van der Waals surface area (Å²) in [6.45, 7) is 0.295. The molecule has 1 aromatic carbocycles. The first-order valence-electron chi connectivity index (χ1n) is 4.21. The lowest BCUT2D eigenvalue weighted by atomic mass is 10.3. The molecule has 0 saturated carbocycles. The molecule has 0 aliphatic carbocycles. The van der Waals surface area contributed by atoms with Crippen molar-refractivity contribution in [3.05, 3.63) is 27.1 Å². The second kappa shape index (κ2) is 6.09. The van der Waals surface area contributed by atoms with Gasteiger partial charge in [0, 0.05) is 4.47 Å². The third-order valence-electron chi connectivity index (χ3n) is 1.64. The highest BCUT2D eigenvalue weighted by molar-refractivity contribution is 9.11. The Morgan fingerprint density at radius 2 is 2.20 bits per heavy atom. The zero-order valence-electron chi connectivity index (χ0n) is 7.80. The molecular weight excluding hydrogens is 328 g/mol. The predicted molar refractivity (Wildman–Crippen MR) is 64.3 cm³/mol. The van der Waals surface area contributed by atoms with Crippen LogP contribution in [0.4, 0.5) is 0 Å². The Bertz CT molecular complexity index is 358. The number of nitrogens with one attached hydrogen (secondary N) is 1. The molecule has 6 heteroatoms. The molecule has 0 heterocycles. The Morgan fingerprint density at radius 3 is 2.80 bits per heavy atom. The molecule has 82 valence electrons. The minimum atomic E-state index is -0.247. The number of benzene rings is 1. The Kier molecular flexibility index (Phi) is 5.07. The smallest absolute Gasteiger partial charge is 0.237 e. The van der Waals surface area contributed by atoms with Gasteiger partial charge >= 0.3 is 0 Å². The summed E-state index contributed by atoms with van der Waals surface area (Å²) in [5.74, 6) is 5.38. The van der Waals surface area contributed by atoms with Crippen LogP contribution in [0.3, 0.4) is 0 Å². The van der Waals surface area contributed by atoms with E-state index in [0.717, 1.165) is 8.95 Å². The third-order valence-corrected chi connectivity index (χ3v) is 2.75. The zero-order chi connectivity index (χ0) is 11.3. The van der Waals surface area contributed by atoms with Crippen molar-refractivity contribution in [2.75, 3.05) is 6.61 Å². The summed E-state index contributed by atoms with van der Waals surface area (Å²) in [4.78, 5) is 10.8. The largest absolute Gasteiger partial charge is 0.492 e.